The number of thiazole rings is 1. The zero-order valence-corrected chi connectivity index (χ0v) is 16.0. The molecule has 0 bridgehead atoms. The van der Waals surface area contributed by atoms with Gasteiger partial charge >= 0.3 is 4.87 Å². The molecule has 136 valence electrons. The summed E-state index contributed by atoms with van der Waals surface area (Å²) in [5, 5.41) is 0. The van der Waals surface area contributed by atoms with Crippen LogP contribution in [0.15, 0.2) is 64.3 Å². The van der Waals surface area contributed by atoms with Gasteiger partial charge in [-0.15, -0.1) is 0 Å². The molecule has 4 rings (SSSR count). The fourth-order valence-corrected chi connectivity index (χ4v) is 4.19. The summed E-state index contributed by atoms with van der Waals surface area (Å²) in [6.07, 6.45) is 2.51. The number of aromatic nitrogens is 3. The topological polar surface area (TPSA) is 56.4 Å². The van der Waals surface area contributed by atoms with Crippen molar-refractivity contribution in [2.24, 2.45) is 0 Å². The van der Waals surface area contributed by atoms with E-state index in [9.17, 15) is 9.59 Å². The highest BCUT2D eigenvalue weighted by atomic mass is 32.1. The normalized spacial score (nSPS) is 11.2. The van der Waals surface area contributed by atoms with Crippen molar-refractivity contribution < 1.29 is 0 Å². The second-order valence-electron chi connectivity index (χ2n) is 6.46. The predicted molar refractivity (Wildman–Crippen MR) is 109 cm³/mol. The van der Waals surface area contributed by atoms with Gasteiger partial charge in [0.15, 0.2) is 0 Å². The van der Waals surface area contributed by atoms with Crippen molar-refractivity contribution in [3.63, 3.8) is 0 Å². The van der Waals surface area contributed by atoms with Gasteiger partial charge in [-0.2, -0.15) is 0 Å². The standard InChI is InChI=1S/C21H19N3O2S/c1-3-17-20(15-7-5-4-6-8-15)24(21(26)27-17)13-16-12-19(25)23-10-9-14(2)11-18(23)22-16/h4-12H,3,13H2,1-2H3. The molecule has 0 saturated heterocycles. The maximum absolute atomic E-state index is 12.7. The molecule has 6 heteroatoms. The number of aryl methyl sites for hydroxylation is 2. The van der Waals surface area contributed by atoms with E-state index in [0.717, 1.165) is 28.1 Å². The summed E-state index contributed by atoms with van der Waals surface area (Å²) in [6.45, 7) is 4.29. The van der Waals surface area contributed by atoms with E-state index in [0.29, 0.717) is 11.3 Å². The van der Waals surface area contributed by atoms with Crippen LogP contribution in [0.2, 0.25) is 0 Å². The van der Waals surface area contributed by atoms with Gasteiger partial charge in [-0.25, -0.2) is 4.98 Å². The van der Waals surface area contributed by atoms with Gasteiger partial charge in [0.2, 0.25) is 0 Å². The van der Waals surface area contributed by atoms with Crippen LogP contribution in [0.3, 0.4) is 0 Å². The number of pyridine rings is 1. The molecule has 0 aliphatic rings. The molecule has 3 heterocycles. The minimum Gasteiger partial charge on any atom is -0.292 e. The lowest BCUT2D eigenvalue weighted by Crippen LogP contribution is -2.20. The third-order valence-electron chi connectivity index (χ3n) is 4.53. The quantitative estimate of drug-likeness (QED) is 0.547. The molecule has 0 atom stereocenters. The SMILES string of the molecule is CCc1sc(=O)n(Cc2cc(=O)n3ccc(C)cc3n2)c1-c1ccccc1. The largest absolute Gasteiger partial charge is 0.308 e. The van der Waals surface area contributed by atoms with E-state index in [-0.39, 0.29) is 17.0 Å². The Morgan fingerprint density at radius 1 is 1.07 bits per heavy atom. The van der Waals surface area contributed by atoms with E-state index < -0.39 is 0 Å². The predicted octanol–water partition coefficient (Wildman–Crippen LogP) is 3.50. The average molecular weight is 377 g/mol. The summed E-state index contributed by atoms with van der Waals surface area (Å²) in [6, 6.07) is 15.1. The summed E-state index contributed by atoms with van der Waals surface area (Å²) in [4.78, 5) is 30.7. The zero-order valence-electron chi connectivity index (χ0n) is 15.2. The second kappa shape index (κ2) is 6.96. The van der Waals surface area contributed by atoms with Gasteiger partial charge < -0.3 is 0 Å². The van der Waals surface area contributed by atoms with Crippen molar-refractivity contribution in [3.05, 3.63) is 90.9 Å². The van der Waals surface area contributed by atoms with Crippen LogP contribution in [0.1, 0.15) is 23.1 Å². The van der Waals surface area contributed by atoms with Gasteiger partial charge in [0.05, 0.1) is 17.9 Å². The lowest BCUT2D eigenvalue weighted by Gasteiger charge is -2.10. The Hall–Kier alpha value is -2.99. The molecule has 5 nitrogen and oxygen atoms in total. The molecule has 0 amide bonds. The van der Waals surface area contributed by atoms with Gasteiger partial charge in [-0.1, -0.05) is 48.6 Å². The van der Waals surface area contributed by atoms with Crippen molar-refractivity contribution in [3.8, 4) is 11.3 Å². The van der Waals surface area contributed by atoms with E-state index in [1.165, 1.54) is 21.8 Å². The van der Waals surface area contributed by atoms with Crippen LogP contribution in [0.25, 0.3) is 16.9 Å². The molecule has 1 aromatic carbocycles. The summed E-state index contributed by atoms with van der Waals surface area (Å²) in [5.74, 6) is 0. The molecule has 0 N–H and O–H groups in total. The molecule has 0 saturated carbocycles. The Labute approximate surface area is 160 Å². The number of hydrogen-bond donors (Lipinski definition) is 0. The van der Waals surface area contributed by atoms with Crippen LogP contribution in [-0.4, -0.2) is 14.0 Å². The zero-order chi connectivity index (χ0) is 19.0. The number of rotatable bonds is 4. The van der Waals surface area contributed by atoms with Crippen LogP contribution in [-0.2, 0) is 13.0 Å². The Morgan fingerprint density at radius 2 is 1.85 bits per heavy atom. The van der Waals surface area contributed by atoms with Crippen molar-refractivity contribution in [1.29, 1.82) is 0 Å². The van der Waals surface area contributed by atoms with Crippen LogP contribution >= 0.6 is 11.3 Å². The van der Waals surface area contributed by atoms with Gasteiger partial charge in [0.25, 0.3) is 5.56 Å². The first-order chi connectivity index (χ1) is 13.1. The summed E-state index contributed by atoms with van der Waals surface area (Å²) < 4.78 is 3.25. The van der Waals surface area contributed by atoms with Crippen LogP contribution in [0.4, 0.5) is 0 Å². The number of nitrogens with zero attached hydrogens (tertiary/aromatic N) is 3. The third kappa shape index (κ3) is 3.24. The van der Waals surface area contributed by atoms with Crippen molar-refractivity contribution in [1.82, 2.24) is 14.0 Å². The third-order valence-corrected chi connectivity index (χ3v) is 5.65. The van der Waals surface area contributed by atoms with Crippen LogP contribution < -0.4 is 10.4 Å². The Morgan fingerprint density at radius 3 is 2.59 bits per heavy atom. The highest BCUT2D eigenvalue weighted by molar-refractivity contribution is 7.09. The molecule has 0 fully saturated rings. The summed E-state index contributed by atoms with van der Waals surface area (Å²) in [7, 11) is 0. The summed E-state index contributed by atoms with van der Waals surface area (Å²) in [5.41, 5.74) is 3.99. The fraction of sp³-hybridized carbons (Fsp3) is 0.190. The van der Waals surface area contributed by atoms with E-state index in [2.05, 4.69) is 4.98 Å². The average Bonchev–Trinajstić information content (AvgIpc) is 2.97. The fourth-order valence-electron chi connectivity index (χ4n) is 3.24. The van der Waals surface area contributed by atoms with Crippen LogP contribution in [0, 0.1) is 6.92 Å². The van der Waals surface area contributed by atoms with Crippen molar-refractivity contribution >= 4 is 17.0 Å². The first-order valence-electron chi connectivity index (χ1n) is 8.83. The van der Waals surface area contributed by atoms with E-state index in [1.54, 1.807) is 10.8 Å². The van der Waals surface area contributed by atoms with E-state index in [4.69, 9.17) is 0 Å². The van der Waals surface area contributed by atoms with E-state index >= 15 is 0 Å². The molecular weight excluding hydrogens is 358 g/mol. The molecule has 3 aromatic heterocycles. The Bertz CT molecular complexity index is 1240. The van der Waals surface area contributed by atoms with Gasteiger partial charge in [0.1, 0.15) is 5.65 Å². The molecule has 0 radical (unpaired) electrons. The van der Waals surface area contributed by atoms with Crippen molar-refractivity contribution in [2.45, 2.75) is 26.8 Å². The molecular formula is C21H19N3O2S. The smallest absolute Gasteiger partial charge is 0.292 e. The number of hydrogen-bond acceptors (Lipinski definition) is 4. The lowest BCUT2D eigenvalue weighted by molar-refractivity contribution is 0.761. The molecule has 0 aliphatic heterocycles. The maximum Gasteiger partial charge on any atom is 0.308 e. The number of benzene rings is 1. The highest BCUT2D eigenvalue weighted by Crippen LogP contribution is 2.26. The molecule has 0 spiro atoms. The van der Waals surface area contributed by atoms with Gasteiger partial charge in [-0.05, 0) is 36.6 Å². The Balaban J connectivity index is 1.86. The minimum absolute atomic E-state index is 0.0306. The van der Waals surface area contributed by atoms with Crippen molar-refractivity contribution in [2.75, 3.05) is 0 Å². The summed E-state index contributed by atoms with van der Waals surface area (Å²) >= 11 is 1.26. The lowest BCUT2D eigenvalue weighted by atomic mass is 10.1. The molecule has 0 aliphatic carbocycles. The second-order valence-corrected chi connectivity index (χ2v) is 7.51. The Kier molecular flexibility index (Phi) is 4.49. The molecule has 0 unspecified atom stereocenters. The van der Waals surface area contributed by atoms with Crippen LogP contribution in [0.5, 0.6) is 0 Å². The highest BCUT2D eigenvalue weighted by Gasteiger charge is 2.16. The monoisotopic (exact) mass is 377 g/mol. The van der Waals surface area contributed by atoms with Gasteiger partial charge in [0, 0.05) is 17.1 Å². The maximum atomic E-state index is 12.7. The molecule has 4 aromatic rings. The first kappa shape index (κ1) is 17.4. The minimum atomic E-state index is -0.143. The first-order valence-corrected chi connectivity index (χ1v) is 9.65. The number of fused-ring (bicyclic) bond motifs is 1. The van der Waals surface area contributed by atoms with Gasteiger partial charge in [-0.3, -0.25) is 18.6 Å². The van der Waals surface area contributed by atoms with E-state index in [1.807, 2.05) is 56.3 Å². The molecule has 27 heavy (non-hydrogen) atoms.